The molecular weight excluding hydrogens is 362 g/mol. The van der Waals surface area contributed by atoms with Gasteiger partial charge < -0.3 is 14.8 Å². The average Bonchev–Trinajstić information content (AvgIpc) is 2.12. The van der Waals surface area contributed by atoms with E-state index in [-0.39, 0.29) is 37.7 Å². The molecule has 0 aromatic rings. The Morgan fingerprint density at radius 2 is 1.00 bits per heavy atom. The van der Waals surface area contributed by atoms with Crippen molar-refractivity contribution in [3.8, 4) is 0 Å². The van der Waals surface area contributed by atoms with E-state index in [0.717, 1.165) is 6.08 Å². The zero-order valence-electron chi connectivity index (χ0n) is 13.7. The van der Waals surface area contributed by atoms with Gasteiger partial charge in [0.05, 0.1) is 29.7 Å². The summed E-state index contributed by atoms with van der Waals surface area (Å²) >= 11 is 0. The maximum Gasteiger partial charge on any atom is 2.00 e. The molecule has 0 aromatic heterocycles. The molecule has 0 spiro atoms. The Hall–Kier alpha value is 0.290. The van der Waals surface area contributed by atoms with Gasteiger partial charge in [-0.2, -0.15) is 0 Å². The maximum absolute atomic E-state index is 10.1. The predicted molar refractivity (Wildman–Crippen MR) is 84.0 cm³/mol. The minimum atomic E-state index is -4.09. The Morgan fingerprint density at radius 1 is 0.909 bits per heavy atom. The third kappa shape index (κ3) is 18.3. The minimum Gasteiger partial charge on any atom is -0.748 e. The number of primary amides is 1. The van der Waals surface area contributed by atoms with Gasteiger partial charge in [-0.1, -0.05) is 6.58 Å². The monoisotopic (exact) mass is 385 g/mol. The summed E-state index contributed by atoms with van der Waals surface area (Å²) in [7, 11) is -8.18. The van der Waals surface area contributed by atoms with Crippen LogP contribution in [0.25, 0.3) is 0 Å². The van der Waals surface area contributed by atoms with Crippen LogP contribution in [0, 0.1) is 0 Å². The van der Waals surface area contributed by atoms with Gasteiger partial charge in [-0.05, 0) is 47.6 Å². The van der Waals surface area contributed by atoms with Gasteiger partial charge in [0.15, 0.2) is 0 Å². The Labute approximate surface area is 163 Å². The smallest absolute Gasteiger partial charge is 0.748 e. The van der Waals surface area contributed by atoms with Crippen molar-refractivity contribution in [1.82, 2.24) is 0 Å². The fourth-order valence-corrected chi connectivity index (χ4v) is 0. The molecule has 0 radical (unpaired) electrons. The van der Waals surface area contributed by atoms with Crippen LogP contribution < -0.4 is 5.73 Å². The summed E-state index contributed by atoms with van der Waals surface area (Å²) in [5.74, 6) is -0.481. The molecule has 8 nitrogen and oxygen atoms in total. The number of carbonyl (C=O) groups is 1. The second kappa shape index (κ2) is 11.0. The molecule has 0 rings (SSSR count). The van der Waals surface area contributed by atoms with Crippen molar-refractivity contribution in [3.63, 3.8) is 0 Å². The Bertz CT molecular complexity index is 498. The van der Waals surface area contributed by atoms with Gasteiger partial charge in [0.2, 0.25) is 5.91 Å². The van der Waals surface area contributed by atoms with Gasteiger partial charge in [0.25, 0.3) is 0 Å². The number of rotatable bonds is 1. The van der Waals surface area contributed by atoms with Crippen LogP contribution in [0.15, 0.2) is 12.7 Å². The van der Waals surface area contributed by atoms with E-state index in [9.17, 15) is 30.7 Å². The van der Waals surface area contributed by atoms with Crippen LogP contribution in [0.1, 0.15) is 41.5 Å². The van der Waals surface area contributed by atoms with E-state index in [1.165, 1.54) is 41.5 Å². The van der Waals surface area contributed by atoms with Crippen molar-refractivity contribution >= 4 is 63.9 Å². The zero-order chi connectivity index (χ0) is 18.3. The molecule has 0 aliphatic rings. The van der Waals surface area contributed by atoms with E-state index >= 15 is 0 Å². The predicted octanol–water partition coefficient (Wildman–Crippen LogP) is -0.0629. The number of amides is 1. The van der Waals surface area contributed by atoms with Crippen molar-refractivity contribution in [3.05, 3.63) is 12.7 Å². The fourth-order valence-electron chi connectivity index (χ4n) is 0. The molecule has 11 heteroatoms. The van der Waals surface area contributed by atoms with E-state index in [2.05, 4.69) is 12.3 Å². The summed E-state index contributed by atoms with van der Waals surface area (Å²) in [6.07, 6.45) is 1.06. The van der Waals surface area contributed by atoms with Crippen molar-refractivity contribution in [2.24, 2.45) is 5.73 Å². The molecule has 0 heterocycles. The molecule has 0 fully saturated rings. The standard InChI is InChI=1S/2C4H10O3S.C3H5NO.Ca/c2*1-4(2,3)8(5,6)7;1-2-3(4)5;/h2*1-3H3,(H,5,6,7);2H,1H2,(H2,4,5);/q;;;+2/p-2. The molecule has 0 aromatic carbocycles. The van der Waals surface area contributed by atoms with E-state index in [0.29, 0.717) is 0 Å². The zero-order valence-corrected chi connectivity index (χ0v) is 17.6. The molecular formula is C11H23CaNO7S2. The SMILES string of the molecule is C=CC(N)=O.CC(C)(C)S(=O)(=O)[O-].CC(C)(C)S(=O)(=O)[O-].[Ca+2]. The van der Waals surface area contributed by atoms with E-state index < -0.39 is 35.6 Å². The van der Waals surface area contributed by atoms with Crippen LogP contribution >= 0.6 is 0 Å². The van der Waals surface area contributed by atoms with Gasteiger partial charge in [-0.25, -0.2) is 16.8 Å². The Morgan fingerprint density at radius 3 is 1.00 bits per heavy atom. The second-order valence-electron chi connectivity index (χ2n) is 5.74. The number of hydrogen-bond acceptors (Lipinski definition) is 7. The Kier molecular flexibility index (Phi) is 15.0. The van der Waals surface area contributed by atoms with E-state index in [4.69, 9.17) is 0 Å². The molecule has 1 amide bonds. The summed E-state index contributed by atoms with van der Waals surface area (Å²) in [6, 6.07) is 0. The molecule has 22 heavy (non-hydrogen) atoms. The second-order valence-corrected chi connectivity index (χ2v) is 10.0. The van der Waals surface area contributed by atoms with Crippen molar-refractivity contribution in [2.45, 2.75) is 51.0 Å². The minimum absolute atomic E-state index is 0. The molecule has 0 saturated carbocycles. The van der Waals surface area contributed by atoms with Crippen molar-refractivity contribution in [2.75, 3.05) is 0 Å². The van der Waals surface area contributed by atoms with Gasteiger partial charge >= 0.3 is 37.7 Å². The molecule has 0 aliphatic heterocycles. The molecule has 0 atom stereocenters. The summed E-state index contributed by atoms with van der Waals surface area (Å²) < 4.78 is 58.3. The van der Waals surface area contributed by atoms with Crippen LogP contribution in [-0.2, 0) is 25.0 Å². The quantitative estimate of drug-likeness (QED) is 0.376. The average molecular weight is 386 g/mol. The number of hydrogen-bond donors (Lipinski definition) is 1. The van der Waals surface area contributed by atoms with Crippen LogP contribution in [0.5, 0.6) is 0 Å². The summed E-state index contributed by atoms with van der Waals surface area (Å²) in [5, 5.41) is 0. The molecule has 0 bridgehead atoms. The Balaban J connectivity index is -0.000000111. The first-order valence-electron chi connectivity index (χ1n) is 5.60. The molecule has 2 N–H and O–H groups in total. The third-order valence-corrected chi connectivity index (χ3v) is 4.70. The van der Waals surface area contributed by atoms with Gasteiger partial charge in [-0.15, -0.1) is 0 Å². The molecule has 0 saturated heterocycles. The maximum atomic E-state index is 10.1. The van der Waals surface area contributed by atoms with Crippen LogP contribution in [0.4, 0.5) is 0 Å². The van der Waals surface area contributed by atoms with Crippen LogP contribution in [-0.4, -0.2) is 79.1 Å². The molecule has 0 aliphatic carbocycles. The first-order valence-corrected chi connectivity index (χ1v) is 8.41. The summed E-state index contributed by atoms with van der Waals surface area (Å²) in [4.78, 5) is 9.47. The van der Waals surface area contributed by atoms with Crippen molar-refractivity contribution < 1.29 is 30.7 Å². The largest absolute Gasteiger partial charge is 2.00 e. The van der Waals surface area contributed by atoms with Gasteiger partial charge in [-0.3, -0.25) is 4.79 Å². The first kappa shape index (κ1) is 30.2. The third-order valence-electron chi connectivity index (χ3n) is 1.70. The normalized spacial score (nSPS) is 11.6. The van der Waals surface area contributed by atoms with Crippen LogP contribution in [0.3, 0.4) is 0 Å². The van der Waals surface area contributed by atoms with E-state index in [1.807, 2.05) is 0 Å². The van der Waals surface area contributed by atoms with Gasteiger partial charge in [0, 0.05) is 0 Å². The summed E-state index contributed by atoms with van der Waals surface area (Å²) in [6.45, 7) is 11.3. The number of nitrogens with two attached hydrogens (primary N) is 1. The number of carbonyl (C=O) groups excluding carboxylic acids is 1. The van der Waals surface area contributed by atoms with E-state index in [1.54, 1.807) is 0 Å². The summed E-state index contributed by atoms with van der Waals surface area (Å²) in [5.41, 5.74) is 4.53. The van der Waals surface area contributed by atoms with Crippen LogP contribution in [0.2, 0.25) is 0 Å². The molecule has 128 valence electrons. The first-order chi connectivity index (χ1) is 8.77. The van der Waals surface area contributed by atoms with Gasteiger partial charge in [0.1, 0.15) is 0 Å². The molecule has 0 unspecified atom stereocenters. The topological polar surface area (TPSA) is 157 Å². The van der Waals surface area contributed by atoms with Crippen molar-refractivity contribution in [1.29, 1.82) is 0 Å². The fraction of sp³-hybridized carbons (Fsp3) is 0.727.